The monoisotopic (exact) mass is 519 g/mol. The molecule has 1 heterocycles. The molecule has 2 aromatic rings. The van der Waals surface area contributed by atoms with Crippen molar-refractivity contribution in [2.45, 2.75) is 25.1 Å². The van der Waals surface area contributed by atoms with E-state index in [0.29, 0.717) is 11.1 Å². The molecule has 0 aliphatic carbocycles. The normalized spacial score (nSPS) is 17.7. The van der Waals surface area contributed by atoms with Crippen LogP contribution in [0.15, 0.2) is 41.6 Å². The van der Waals surface area contributed by atoms with Crippen molar-refractivity contribution in [3.05, 3.63) is 68.7 Å². The van der Waals surface area contributed by atoms with E-state index >= 15 is 0 Å². The Hall–Kier alpha value is -2.85. The number of alkyl halides is 4. The summed E-state index contributed by atoms with van der Waals surface area (Å²) in [5.74, 6) is -1.12. The van der Waals surface area contributed by atoms with Crippen LogP contribution >= 0.6 is 23.2 Å². The van der Waals surface area contributed by atoms with Crippen LogP contribution in [0.1, 0.15) is 33.5 Å². The van der Waals surface area contributed by atoms with Crippen LogP contribution in [-0.2, 0) is 15.2 Å². The predicted molar refractivity (Wildman–Crippen MR) is 119 cm³/mol. The fourth-order valence-electron chi connectivity index (χ4n) is 3.45. The Morgan fingerprint density at radius 3 is 2.38 bits per heavy atom. The van der Waals surface area contributed by atoms with Crippen molar-refractivity contribution < 1.29 is 32.0 Å². The van der Waals surface area contributed by atoms with E-state index in [9.17, 15) is 27.2 Å². The molecule has 2 N–H and O–H groups in total. The molecule has 1 unspecified atom stereocenters. The third kappa shape index (κ3) is 5.44. The highest BCUT2D eigenvalue weighted by Crippen LogP contribution is 2.49. The minimum atomic E-state index is -4.83. The van der Waals surface area contributed by atoms with E-state index < -0.39 is 36.7 Å². The van der Waals surface area contributed by atoms with Crippen LogP contribution in [-0.4, -0.2) is 43.5 Å². The maximum Gasteiger partial charge on any atom is 0.435 e. The quantitative estimate of drug-likeness (QED) is 0.520. The second-order valence-electron chi connectivity index (χ2n) is 7.54. The second kappa shape index (κ2) is 10.2. The van der Waals surface area contributed by atoms with E-state index in [0.717, 1.165) is 12.1 Å². The number of nitrogens with one attached hydrogen (secondary N) is 2. The molecule has 0 fully saturated rings. The standard InChI is InChI=1S/C22H19Cl2F4N3O3/c1-12-6-13(2-3-17(12)20(33)30-11-19(32)29-5-4-25)18-10-21(34-31-18,22(26,27)28)14-7-15(23)9-16(24)8-14/h2-3,6-9H,4-5,10-11H2,1H3,(H,29,32)(H,30,33). The van der Waals surface area contributed by atoms with Crippen molar-refractivity contribution in [1.82, 2.24) is 10.6 Å². The minimum Gasteiger partial charge on any atom is -0.374 e. The summed E-state index contributed by atoms with van der Waals surface area (Å²) in [6, 6.07) is 7.91. The molecule has 2 amide bonds. The summed E-state index contributed by atoms with van der Waals surface area (Å²) in [6.45, 7) is 0.351. The second-order valence-corrected chi connectivity index (χ2v) is 8.41. The summed E-state index contributed by atoms with van der Waals surface area (Å²) in [7, 11) is 0. The zero-order chi connectivity index (χ0) is 25.1. The maximum absolute atomic E-state index is 14.1. The Morgan fingerprint density at radius 1 is 1.12 bits per heavy atom. The average molecular weight is 520 g/mol. The smallest absolute Gasteiger partial charge is 0.374 e. The summed E-state index contributed by atoms with van der Waals surface area (Å²) >= 11 is 11.8. The molecule has 0 saturated carbocycles. The van der Waals surface area contributed by atoms with E-state index in [1.165, 1.54) is 24.3 Å². The number of oxime groups is 1. The third-order valence-electron chi connectivity index (χ3n) is 5.15. The number of benzene rings is 2. The molecule has 0 aromatic heterocycles. The molecule has 0 radical (unpaired) electrons. The predicted octanol–water partition coefficient (Wildman–Crippen LogP) is 4.70. The fraction of sp³-hybridized carbons (Fsp3) is 0.318. The average Bonchev–Trinajstić information content (AvgIpc) is 3.22. The van der Waals surface area contributed by atoms with E-state index in [2.05, 4.69) is 15.8 Å². The van der Waals surface area contributed by atoms with Gasteiger partial charge in [0.05, 0.1) is 12.3 Å². The molecule has 1 atom stereocenters. The van der Waals surface area contributed by atoms with Gasteiger partial charge in [-0.1, -0.05) is 34.4 Å². The van der Waals surface area contributed by atoms with Crippen LogP contribution in [0.3, 0.4) is 0 Å². The van der Waals surface area contributed by atoms with Gasteiger partial charge in [-0.2, -0.15) is 13.2 Å². The number of halogens is 6. The molecule has 182 valence electrons. The van der Waals surface area contributed by atoms with Gasteiger partial charge in [0.25, 0.3) is 11.5 Å². The van der Waals surface area contributed by atoms with E-state index in [1.54, 1.807) is 6.92 Å². The van der Waals surface area contributed by atoms with Crippen LogP contribution in [0.25, 0.3) is 0 Å². The zero-order valence-electron chi connectivity index (χ0n) is 17.7. The van der Waals surface area contributed by atoms with Gasteiger partial charge in [0.1, 0.15) is 6.67 Å². The van der Waals surface area contributed by atoms with Gasteiger partial charge in [0.2, 0.25) is 5.91 Å². The highest BCUT2D eigenvalue weighted by atomic mass is 35.5. The lowest BCUT2D eigenvalue weighted by Gasteiger charge is -2.29. The molecular weight excluding hydrogens is 501 g/mol. The first kappa shape index (κ1) is 25.8. The van der Waals surface area contributed by atoms with E-state index in [4.69, 9.17) is 28.0 Å². The first-order chi connectivity index (χ1) is 16.0. The van der Waals surface area contributed by atoms with Crippen molar-refractivity contribution >= 4 is 40.7 Å². The van der Waals surface area contributed by atoms with Crippen molar-refractivity contribution in [2.75, 3.05) is 19.8 Å². The maximum atomic E-state index is 14.1. The lowest BCUT2D eigenvalue weighted by Crippen LogP contribution is -2.42. The molecular formula is C22H19Cl2F4N3O3. The number of rotatable bonds is 7. The van der Waals surface area contributed by atoms with Gasteiger partial charge in [0, 0.05) is 34.1 Å². The Bertz CT molecular complexity index is 1120. The highest BCUT2D eigenvalue weighted by molar-refractivity contribution is 6.34. The van der Waals surface area contributed by atoms with Gasteiger partial charge in [-0.3, -0.25) is 9.59 Å². The van der Waals surface area contributed by atoms with Crippen molar-refractivity contribution in [2.24, 2.45) is 5.16 Å². The van der Waals surface area contributed by atoms with Gasteiger partial charge in [-0.05, 0) is 48.4 Å². The van der Waals surface area contributed by atoms with Gasteiger partial charge in [-0.25, -0.2) is 4.39 Å². The fourth-order valence-corrected chi connectivity index (χ4v) is 3.97. The Balaban J connectivity index is 1.80. The van der Waals surface area contributed by atoms with Gasteiger partial charge in [-0.15, -0.1) is 0 Å². The highest BCUT2D eigenvalue weighted by Gasteiger charge is 2.62. The molecule has 6 nitrogen and oxygen atoms in total. The molecule has 12 heteroatoms. The first-order valence-electron chi connectivity index (χ1n) is 9.97. The van der Waals surface area contributed by atoms with Crippen LogP contribution in [0.4, 0.5) is 17.6 Å². The van der Waals surface area contributed by atoms with Crippen molar-refractivity contribution in [3.63, 3.8) is 0 Å². The molecule has 0 saturated heterocycles. The molecule has 1 aliphatic heterocycles. The van der Waals surface area contributed by atoms with Gasteiger partial charge < -0.3 is 15.5 Å². The molecule has 3 rings (SSSR count). The number of amides is 2. The molecule has 0 bridgehead atoms. The summed E-state index contributed by atoms with van der Waals surface area (Å²) in [6.07, 6.45) is -5.46. The summed E-state index contributed by atoms with van der Waals surface area (Å²) in [4.78, 5) is 28.9. The van der Waals surface area contributed by atoms with E-state index in [-0.39, 0.29) is 40.0 Å². The van der Waals surface area contributed by atoms with Crippen LogP contribution in [0, 0.1) is 6.92 Å². The molecule has 1 aliphatic rings. The molecule has 0 spiro atoms. The van der Waals surface area contributed by atoms with Crippen molar-refractivity contribution in [3.8, 4) is 0 Å². The summed E-state index contributed by atoms with van der Waals surface area (Å²) in [5.41, 5.74) is -2.05. The largest absolute Gasteiger partial charge is 0.435 e. The van der Waals surface area contributed by atoms with Gasteiger partial charge in [0.15, 0.2) is 0 Å². The van der Waals surface area contributed by atoms with E-state index in [1.807, 2.05) is 0 Å². The number of aryl methyl sites for hydroxylation is 1. The zero-order valence-corrected chi connectivity index (χ0v) is 19.2. The lowest BCUT2D eigenvalue weighted by atomic mass is 9.86. The Morgan fingerprint density at radius 2 is 1.79 bits per heavy atom. The minimum absolute atomic E-state index is 0.0211. The third-order valence-corrected chi connectivity index (χ3v) is 5.58. The van der Waals surface area contributed by atoms with Crippen LogP contribution < -0.4 is 10.6 Å². The van der Waals surface area contributed by atoms with Crippen molar-refractivity contribution in [1.29, 1.82) is 0 Å². The number of carbonyl (C=O) groups excluding carboxylic acids is 2. The summed E-state index contributed by atoms with van der Waals surface area (Å²) in [5, 5.41) is 8.41. The first-order valence-corrected chi connectivity index (χ1v) is 10.7. The number of nitrogens with zero attached hydrogens (tertiary/aromatic N) is 1. The lowest BCUT2D eigenvalue weighted by molar-refractivity contribution is -0.275. The van der Waals surface area contributed by atoms with Crippen LogP contribution in [0.5, 0.6) is 0 Å². The Kier molecular flexibility index (Phi) is 7.72. The molecule has 2 aromatic carbocycles. The summed E-state index contributed by atoms with van der Waals surface area (Å²) < 4.78 is 54.5. The number of hydrogen-bond acceptors (Lipinski definition) is 4. The van der Waals surface area contributed by atoms with Gasteiger partial charge >= 0.3 is 6.18 Å². The Labute approximate surface area is 202 Å². The SMILES string of the molecule is Cc1cc(C2=NOC(c3cc(Cl)cc(Cl)c3)(C(F)(F)F)C2)ccc1C(=O)NCC(=O)NCCF. The van der Waals surface area contributed by atoms with Crippen LogP contribution in [0.2, 0.25) is 10.0 Å². The molecule has 34 heavy (non-hydrogen) atoms. The number of carbonyl (C=O) groups is 2. The topological polar surface area (TPSA) is 79.8 Å². The number of hydrogen-bond donors (Lipinski definition) is 2.